The lowest BCUT2D eigenvalue weighted by atomic mass is 10.1. The first-order valence-electron chi connectivity index (χ1n) is 6.89. The molecule has 1 N–H and O–H groups in total. The SMILES string of the molecule is O=C(NCCCCCCI)C1Cc2ccccc2O1. The number of carbonyl (C=O) groups is 1. The van der Waals surface area contributed by atoms with Crippen molar-refractivity contribution in [2.24, 2.45) is 0 Å². The van der Waals surface area contributed by atoms with Gasteiger partial charge < -0.3 is 10.1 Å². The molecule has 3 nitrogen and oxygen atoms in total. The molecule has 4 heteroatoms. The van der Waals surface area contributed by atoms with Crippen LogP contribution in [-0.2, 0) is 11.2 Å². The summed E-state index contributed by atoms with van der Waals surface area (Å²) < 4.78 is 6.87. The van der Waals surface area contributed by atoms with Crippen LogP contribution in [0.5, 0.6) is 5.75 Å². The van der Waals surface area contributed by atoms with E-state index in [1.165, 1.54) is 23.7 Å². The summed E-state index contributed by atoms with van der Waals surface area (Å²) in [6.45, 7) is 0.760. The maximum absolute atomic E-state index is 12.0. The van der Waals surface area contributed by atoms with Gasteiger partial charge in [-0.3, -0.25) is 4.79 Å². The Hall–Kier alpha value is -0.780. The summed E-state index contributed by atoms with van der Waals surface area (Å²) >= 11 is 2.40. The lowest BCUT2D eigenvalue weighted by Crippen LogP contribution is -2.37. The molecule has 0 saturated carbocycles. The molecule has 1 atom stereocenters. The predicted molar refractivity (Wildman–Crippen MR) is 84.9 cm³/mol. The molecule has 104 valence electrons. The Balaban J connectivity index is 1.66. The molecule has 19 heavy (non-hydrogen) atoms. The first kappa shape index (κ1) is 14.6. The van der Waals surface area contributed by atoms with E-state index in [4.69, 9.17) is 4.74 Å². The Morgan fingerprint density at radius 2 is 2.05 bits per heavy atom. The van der Waals surface area contributed by atoms with Gasteiger partial charge in [-0.2, -0.15) is 0 Å². The van der Waals surface area contributed by atoms with Crippen molar-refractivity contribution in [3.63, 3.8) is 0 Å². The van der Waals surface area contributed by atoms with Gasteiger partial charge in [0, 0.05) is 13.0 Å². The van der Waals surface area contributed by atoms with Crippen molar-refractivity contribution in [1.29, 1.82) is 0 Å². The van der Waals surface area contributed by atoms with Gasteiger partial charge in [0.2, 0.25) is 0 Å². The van der Waals surface area contributed by atoms with E-state index in [0.29, 0.717) is 6.42 Å². The van der Waals surface area contributed by atoms with Gasteiger partial charge in [0.25, 0.3) is 5.91 Å². The molecule has 1 aromatic carbocycles. The van der Waals surface area contributed by atoms with Gasteiger partial charge in [0.1, 0.15) is 5.75 Å². The lowest BCUT2D eigenvalue weighted by Gasteiger charge is -2.11. The van der Waals surface area contributed by atoms with Crippen LogP contribution in [0.1, 0.15) is 31.2 Å². The fourth-order valence-electron chi connectivity index (χ4n) is 2.23. The molecule has 0 spiro atoms. The number of unbranched alkanes of at least 4 members (excludes halogenated alkanes) is 3. The van der Waals surface area contributed by atoms with Crippen molar-refractivity contribution in [2.75, 3.05) is 11.0 Å². The Morgan fingerprint density at radius 3 is 2.84 bits per heavy atom. The summed E-state index contributed by atoms with van der Waals surface area (Å²) in [5.74, 6) is 0.870. The maximum Gasteiger partial charge on any atom is 0.261 e. The fraction of sp³-hybridized carbons (Fsp3) is 0.533. The number of alkyl halides is 1. The minimum Gasteiger partial charge on any atom is -0.480 e. The average Bonchev–Trinajstić information content (AvgIpc) is 2.86. The summed E-state index contributed by atoms with van der Waals surface area (Å²) in [6.07, 6.45) is 5.12. The largest absolute Gasteiger partial charge is 0.480 e. The molecule has 0 aliphatic carbocycles. The topological polar surface area (TPSA) is 38.3 Å². The Morgan fingerprint density at radius 1 is 1.26 bits per heavy atom. The zero-order chi connectivity index (χ0) is 13.5. The third-order valence-electron chi connectivity index (χ3n) is 3.30. The molecular formula is C15H20INO2. The zero-order valence-corrected chi connectivity index (χ0v) is 13.2. The summed E-state index contributed by atoms with van der Waals surface area (Å²) in [6, 6.07) is 7.86. The fourth-order valence-corrected chi connectivity index (χ4v) is 2.77. The van der Waals surface area contributed by atoms with Gasteiger partial charge in [-0.15, -0.1) is 0 Å². The Labute approximate surface area is 128 Å². The molecule has 1 aliphatic rings. The number of amides is 1. The van der Waals surface area contributed by atoms with Crippen LogP contribution in [0.15, 0.2) is 24.3 Å². The van der Waals surface area contributed by atoms with Crippen molar-refractivity contribution in [2.45, 2.75) is 38.2 Å². The summed E-state index contributed by atoms with van der Waals surface area (Å²) in [4.78, 5) is 12.0. The summed E-state index contributed by atoms with van der Waals surface area (Å²) in [5.41, 5.74) is 1.13. The van der Waals surface area contributed by atoms with Crippen molar-refractivity contribution >= 4 is 28.5 Å². The summed E-state index contributed by atoms with van der Waals surface area (Å²) in [5, 5.41) is 2.97. The van der Waals surface area contributed by atoms with Crippen LogP contribution in [0.3, 0.4) is 0 Å². The molecule has 0 saturated heterocycles. The number of halogens is 1. The highest BCUT2D eigenvalue weighted by Crippen LogP contribution is 2.28. The average molecular weight is 373 g/mol. The van der Waals surface area contributed by atoms with E-state index in [2.05, 4.69) is 27.9 Å². The van der Waals surface area contributed by atoms with Gasteiger partial charge in [0.05, 0.1) is 0 Å². The highest BCUT2D eigenvalue weighted by atomic mass is 127. The van der Waals surface area contributed by atoms with Crippen molar-refractivity contribution < 1.29 is 9.53 Å². The van der Waals surface area contributed by atoms with Gasteiger partial charge in [-0.1, -0.05) is 53.6 Å². The van der Waals surface area contributed by atoms with Crippen LogP contribution < -0.4 is 10.1 Å². The molecular weight excluding hydrogens is 353 g/mol. The second-order valence-corrected chi connectivity index (χ2v) is 5.89. The third-order valence-corrected chi connectivity index (χ3v) is 4.06. The summed E-state index contributed by atoms with van der Waals surface area (Å²) in [7, 11) is 0. The van der Waals surface area contributed by atoms with Crippen LogP contribution in [0.2, 0.25) is 0 Å². The highest BCUT2D eigenvalue weighted by Gasteiger charge is 2.28. The second-order valence-electron chi connectivity index (χ2n) is 4.81. The number of hydrogen-bond donors (Lipinski definition) is 1. The normalized spacial score (nSPS) is 16.8. The van der Waals surface area contributed by atoms with E-state index >= 15 is 0 Å². The first-order valence-corrected chi connectivity index (χ1v) is 8.42. The molecule has 0 bridgehead atoms. The van der Waals surface area contributed by atoms with E-state index in [0.717, 1.165) is 24.3 Å². The molecule has 0 aromatic heterocycles. The number of benzene rings is 1. The van der Waals surface area contributed by atoms with E-state index in [-0.39, 0.29) is 12.0 Å². The van der Waals surface area contributed by atoms with E-state index in [9.17, 15) is 4.79 Å². The number of hydrogen-bond acceptors (Lipinski definition) is 2. The van der Waals surface area contributed by atoms with Crippen LogP contribution in [0, 0.1) is 0 Å². The maximum atomic E-state index is 12.0. The number of carbonyl (C=O) groups excluding carboxylic acids is 1. The smallest absolute Gasteiger partial charge is 0.261 e. The van der Waals surface area contributed by atoms with Gasteiger partial charge >= 0.3 is 0 Å². The number of ether oxygens (including phenoxy) is 1. The van der Waals surface area contributed by atoms with Crippen molar-refractivity contribution in [3.05, 3.63) is 29.8 Å². The Bertz CT molecular complexity index is 397. The van der Waals surface area contributed by atoms with Crippen LogP contribution in [-0.4, -0.2) is 23.0 Å². The number of fused-ring (bicyclic) bond motifs is 1. The number of rotatable bonds is 7. The third kappa shape index (κ3) is 4.37. The molecule has 2 rings (SSSR count). The van der Waals surface area contributed by atoms with Crippen LogP contribution >= 0.6 is 22.6 Å². The van der Waals surface area contributed by atoms with E-state index < -0.39 is 0 Å². The number of nitrogens with one attached hydrogen (secondary N) is 1. The highest BCUT2D eigenvalue weighted by molar-refractivity contribution is 14.1. The molecule has 1 amide bonds. The molecule has 1 aliphatic heterocycles. The van der Waals surface area contributed by atoms with Crippen molar-refractivity contribution in [3.8, 4) is 5.75 Å². The van der Waals surface area contributed by atoms with Crippen LogP contribution in [0.25, 0.3) is 0 Å². The monoisotopic (exact) mass is 373 g/mol. The van der Waals surface area contributed by atoms with E-state index in [1.54, 1.807) is 0 Å². The molecule has 0 fully saturated rings. The second kappa shape index (κ2) is 7.72. The predicted octanol–water partition coefficient (Wildman–Crippen LogP) is 3.10. The number of para-hydroxylation sites is 1. The minimum atomic E-state index is -0.341. The van der Waals surface area contributed by atoms with Gasteiger partial charge in [-0.05, 0) is 28.9 Å². The molecule has 0 radical (unpaired) electrons. The standard InChI is InChI=1S/C15H20INO2/c16-9-5-1-2-6-10-17-15(18)14-11-12-7-3-4-8-13(12)19-14/h3-4,7-8,14H,1-2,5-6,9-11H2,(H,17,18). The van der Waals surface area contributed by atoms with E-state index in [1.807, 2.05) is 24.3 Å². The van der Waals surface area contributed by atoms with Gasteiger partial charge in [0.15, 0.2) is 6.10 Å². The van der Waals surface area contributed by atoms with Gasteiger partial charge in [-0.25, -0.2) is 0 Å². The molecule has 1 unspecified atom stereocenters. The minimum absolute atomic E-state index is 0.0186. The first-order chi connectivity index (χ1) is 9.31. The van der Waals surface area contributed by atoms with Crippen molar-refractivity contribution in [1.82, 2.24) is 5.32 Å². The zero-order valence-electron chi connectivity index (χ0n) is 11.0. The van der Waals surface area contributed by atoms with Crippen LogP contribution in [0.4, 0.5) is 0 Å². The lowest BCUT2D eigenvalue weighted by molar-refractivity contribution is -0.127. The Kier molecular flexibility index (Phi) is 5.94. The quantitative estimate of drug-likeness (QED) is 0.453. The molecule has 1 heterocycles. The molecule has 1 aromatic rings.